The molecular weight excluding hydrogens is 260 g/mol. The monoisotopic (exact) mass is 288 g/mol. The molecule has 3 nitrogen and oxygen atoms in total. The number of phenolic OH excluding ortho intramolecular Hbond substituents is 1. The third kappa shape index (κ3) is 3.58. The van der Waals surface area contributed by atoms with Crippen molar-refractivity contribution in [2.45, 2.75) is 63.6 Å². The van der Waals surface area contributed by atoms with Gasteiger partial charge in [0.15, 0.2) is 0 Å². The van der Waals surface area contributed by atoms with Crippen LogP contribution in [0.4, 0.5) is 0 Å². The van der Waals surface area contributed by atoms with Gasteiger partial charge in [-0.1, -0.05) is 12.1 Å². The molecule has 0 amide bonds. The molecule has 1 aromatic carbocycles. The predicted molar refractivity (Wildman–Crippen MR) is 86.6 cm³/mol. The summed E-state index contributed by atoms with van der Waals surface area (Å²) >= 11 is 0. The lowest BCUT2D eigenvalue weighted by atomic mass is 10.0. The van der Waals surface area contributed by atoms with Crippen LogP contribution >= 0.6 is 0 Å². The summed E-state index contributed by atoms with van der Waals surface area (Å²) in [5, 5.41) is 13.0. The average molecular weight is 288 g/mol. The number of nitrogens with one attached hydrogen (secondary N) is 1. The van der Waals surface area contributed by atoms with Crippen LogP contribution in [0.25, 0.3) is 0 Å². The van der Waals surface area contributed by atoms with Crippen LogP contribution in [0.2, 0.25) is 0 Å². The molecule has 0 saturated carbocycles. The highest BCUT2D eigenvalue weighted by Crippen LogP contribution is 2.28. The van der Waals surface area contributed by atoms with Gasteiger partial charge < -0.3 is 10.4 Å². The Kier molecular flexibility index (Phi) is 4.81. The molecule has 116 valence electrons. The lowest BCUT2D eigenvalue weighted by molar-refractivity contribution is 0.156. The quantitative estimate of drug-likeness (QED) is 0.874. The molecule has 0 spiro atoms. The van der Waals surface area contributed by atoms with Gasteiger partial charge in [-0.15, -0.1) is 0 Å². The Bertz CT molecular complexity index is 439. The van der Waals surface area contributed by atoms with Crippen LogP contribution in [0.5, 0.6) is 5.75 Å². The first-order chi connectivity index (χ1) is 10.2. The molecule has 2 aliphatic rings. The van der Waals surface area contributed by atoms with Gasteiger partial charge in [0, 0.05) is 18.1 Å². The first-order valence-electron chi connectivity index (χ1n) is 8.51. The molecule has 3 rings (SSSR count). The maximum absolute atomic E-state index is 9.35. The third-order valence-electron chi connectivity index (χ3n) is 5.26. The van der Waals surface area contributed by atoms with Crippen LogP contribution in [0.1, 0.15) is 44.6 Å². The van der Waals surface area contributed by atoms with Crippen LogP contribution in [0, 0.1) is 0 Å². The van der Waals surface area contributed by atoms with Crippen molar-refractivity contribution >= 4 is 0 Å². The van der Waals surface area contributed by atoms with Gasteiger partial charge in [0.05, 0.1) is 0 Å². The highest BCUT2D eigenvalue weighted by atomic mass is 16.3. The van der Waals surface area contributed by atoms with Crippen molar-refractivity contribution in [1.82, 2.24) is 10.2 Å². The molecule has 2 N–H and O–H groups in total. The fourth-order valence-corrected chi connectivity index (χ4v) is 4.04. The van der Waals surface area contributed by atoms with Crippen molar-refractivity contribution in [3.63, 3.8) is 0 Å². The van der Waals surface area contributed by atoms with Crippen LogP contribution in [0.3, 0.4) is 0 Å². The molecule has 21 heavy (non-hydrogen) atoms. The Morgan fingerprint density at radius 1 is 1.24 bits per heavy atom. The van der Waals surface area contributed by atoms with E-state index in [2.05, 4.69) is 17.1 Å². The fraction of sp³-hybridized carbons (Fsp3) is 0.667. The zero-order valence-electron chi connectivity index (χ0n) is 13.1. The second-order valence-electron chi connectivity index (χ2n) is 6.70. The number of hydrogen-bond donors (Lipinski definition) is 2. The average Bonchev–Trinajstić information content (AvgIpc) is 3.16. The molecule has 3 unspecified atom stereocenters. The number of rotatable bonds is 5. The summed E-state index contributed by atoms with van der Waals surface area (Å²) in [7, 11) is 0. The maximum atomic E-state index is 9.35. The molecule has 0 aromatic heterocycles. The van der Waals surface area contributed by atoms with Crippen LogP contribution in [-0.2, 0) is 6.42 Å². The predicted octanol–water partition coefficient (Wildman–Crippen LogP) is 2.93. The Morgan fingerprint density at radius 3 is 2.76 bits per heavy atom. The lowest BCUT2D eigenvalue weighted by Crippen LogP contribution is -2.47. The van der Waals surface area contributed by atoms with E-state index in [1.165, 1.54) is 50.8 Å². The van der Waals surface area contributed by atoms with Gasteiger partial charge in [0.2, 0.25) is 0 Å². The SMILES string of the molecule is CC(CCc1ccc(O)cc1)N1CCCC1C1CCCN1. The zero-order chi connectivity index (χ0) is 14.7. The van der Waals surface area contributed by atoms with Gasteiger partial charge in [-0.3, -0.25) is 4.90 Å². The Morgan fingerprint density at radius 2 is 2.05 bits per heavy atom. The summed E-state index contributed by atoms with van der Waals surface area (Å²) in [6.07, 6.45) is 7.72. The number of benzene rings is 1. The molecule has 0 bridgehead atoms. The van der Waals surface area contributed by atoms with E-state index in [4.69, 9.17) is 0 Å². The Balaban J connectivity index is 1.54. The number of hydrogen-bond acceptors (Lipinski definition) is 3. The topological polar surface area (TPSA) is 35.5 Å². The van der Waals surface area contributed by atoms with Gasteiger partial charge in [0.25, 0.3) is 0 Å². The van der Waals surface area contributed by atoms with Crippen LogP contribution in [0.15, 0.2) is 24.3 Å². The number of aromatic hydroxyl groups is 1. The van der Waals surface area contributed by atoms with Crippen molar-refractivity contribution in [3.8, 4) is 5.75 Å². The largest absolute Gasteiger partial charge is 0.508 e. The molecule has 0 aliphatic carbocycles. The van der Waals surface area contributed by atoms with E-state index in [-0.39, 0.29) is 0 Å². The first-order valence-corrected chi connectivity index (χ1v) is 8.51. The van der Waals surface area contributed by atoms with E-state index < -0.39 is 0 Å². The molecule has 2 heterocycles. The van der Waals surface area contributed by atoms with E-state index in [1.807, 2.05) is 12.1 Å². The first kappa shape index (κ1) is 14.9. The minimum Gasteiger partial charge on any atom is -0.508 e. The molecule has 2 aliphatic heterocycles. The second-order valence-corrected chi connectivity index (χ2v) is 6.70. The molecule has 2 fully saturated rings. The number of likely N-dealkylation sites (tertiary alicyclic amines) is 1. The molecule has 3 atom stereocenters. The third-order valence-corrected chi connectivity index (χ3v) is 5.26. The Labute approximate surface area is 128 Å². The smallest absolute Gasteiger partial charge is 0.115 e. The van der Waals surface area contributed by atoms with E-state index in [0.29, 0.717) is 11.8 Å². The van der Waals surface area contributed by atoms with Gasteiger partial charge in [0.1, 0.15) is 5.75 Å². The minimum absolute atomic E-state index is 0.360. The molecule has 2 saturated heterocycles. The van der Waals surface area contributed by atoms with E-state index in [1.54, 1.807) is 12.1 Å². The highest BCUT2D eigenvalue weighted by molar-refractivity contribution is 5.25. The maximum Gasteiger partial charge on any atom is 0.115 e. The van der Waals surface area contributed by atoms with Crippen LogP contribution in [-0.4, -0.2) is 41.2 Å². The minimum atomic E-state index is 0.360. The molecular formula is C18H28N2O. The summed E-state index contributed by atoms with van der Waals surface area (Å²) in [6, 6.07) is 9.80. The van der Waals surface area contributed by atoms with Crippen molar-refractivity contribution < 1.29 is 5.11 Å². The summed E-state index contributed by atoms with van der Waals surface area (Å²) in [5.41, 5.74) is 1.33. The van der Waals surface area contributed by atoms with Gasteiger partial charge in [-0.05, 0) is 76.2 Å². The van der Waals surface area contributed by atoms with Crippen molar-refractivity contribution in [1.29, 1.82) is 0 Å². The number of nitrogens with zero attached hydrogens (tertiary/aromatic N) is 1. The number of phenols is 1. The summed E-state index contributed by atoms with van der Waals surface area (Å²) in [5.74, 6) is 0.360. The summed E-state index contributed by atoms with van der Waals surface area (Å²) < 4.78 is 0. The Hall–Kier alpha value is -1.06. The second kappa shape index (κ2) is 6.80. The van der Waals surface area contributed by atoms with Gasteiger partial charge >= 0.3 is 0 Å². The lowest BCUT2D eigenvalue weighted by Gasteiger charge is -2.34. The van der Waals surface area contributed by atoms with Gasteiger partial charge in [-0.25, -0.2) is 0 Å². The fourth-order valence-electron chi connectivity index (χ4n) is 4.04. The summed E-state index contributed by atoms with van der Waals surface area (Å²) in [6.45, 7) is 4.85. The van der Waals surface area contributed by atoms with Crippen molar-refractivity contribution in [3.05, 3.63) is 29.8 Å². The van der Waals surface area contributed by atoms with Gasteiger partial charge in [-0.2, -0.15) is 0 Å². The highest BCUT2D eigenvalue weighted by Gasteiger charge is 2.35. The van der Waals surface area contributed by atoms with E-state index >= 15 is 0 Å². The van der Waals surface area contributed by atoms with Crippen LogP contribution < -0.4 is 5.32 Å². The molecule has 1 aromatic rings. The number of aryl methyl sites for hydroxylation is 1. The van der Waals surface area contributed by atoms with E-state index in [9.17, 15) is 5.11 Å². The van der Waals surface area contributed by atoms with Crippen molar-refractivity contribution in [2.75, 3.05) is 13.1 Å². The summed E-state index contributed by atoms with van der Waals surface area (Å²) in [4.78, 5) is 2.74. The zero-order valence-corrected chi connectivity index (χ0v) is 13.1. The molecule has 0 radical (unpaired) electrons. The molecule has 3 heteroatoms. The normalized spacial score (nSPS) is 28.0. The van der Waals surface area contributed by atoms with Crippen molar-refractivity contribution in [2.24, 2.45) is 0 Å². The standard InChI is InChI=1S/C18H28N2O/c1-14(6-7-15-8-10-16(21)11-9-15)20-13-3-5-18(20)17-4-2-12-19-17/h8-11,14,17-19,21H,2-7,12-13H2,1H3. The van der Waals surface area contributed by atoms with E-state index in [0.717, 1.165) is 18.5 Å².